The summed E-state index contributed by atoms with van der Waals surface area (Å²) in [5, 5.41) is 20.1. The van der Waals surface area contributed by atoms with Crippen LogP contribution < -0.4 is 5.32 Å². The number of carbonyl (C=O) groups excluding carboxylic acids is 2. The van der Waals surface area contributed by atoms with Crippen molar-refractivity contribution in [2.24, 2.45) is 0 Å². The molecule has 0 atom stereocenters. The summed E-state index contributed by atoms with van der Waals surface area (Å²) in [4.78, 5) is 24.0. The summed E-state index contributed by atoms with van der Waals surface area (Å²) in [5.41, 5.74) is 1.26. The molecule has 0 saturated heterocycles. The molecule has 0 spiro atoms. The Balaban J connectivity index is 1.92. The van der Waals surface area contributed by atoms with Crippen LogP contribution in [0.15, 0.2) is 64.8 Å². The molecule has 7 heteroatoms. The fraction of sp³-hybridized carbons (Fsp3) is 0.0526. The highest BCUT2D eigenvalue weighted by molar-refractivity contribution is 9.10. The third-order valence-corrected chi connectivity index (χ3v) is 3.77. The molecule has 0 aliphatic carbocycles. The number of nitrogens with zero attached hydrogens (tertiary/aromatic N) is 2. The van der Waals surface area contributed by atoms with Crippen LogP contribution in [-0.2, 0) is 4.74 Å². The lowest BCUT2D eigenvalue weighted by Gasteiger charge is -2.06. The van der Waals surface area contributed by atoms with Gasteiger partial charge in [0.05, 0.1) is 5.56 Å². The van der Waals surface area contributed by atoms with Gasteiger partial charge in [0.1, 0.15) is 17.7 Å². The molecule has 0 radical (unpaired) electrons. The molecule has 0 aromatic heterocycles. The molecule has 0 saturated carbocycles. The quantitative estimate of drug-likeness (QED) is 0.441. The number of ketones is 1. The molecule has 0 bridgehead atoms. The minimum atomic E-state index is -0.618. The zero-order chi connectivity index (χ0) is 18.9. The van der Waals surface area contributed by atoms with Gasteiger partial charge in [0.2, 0.25) is 0 Å². The van der Waals surface area contributed by atoms with E-state index in [1.165, 1.54) is 18.3 Å². The van der Waals surface area contributed by atoms with Gasteiger partial charge >= 0.3 is 5.97 Å². The van der Waals surface area contributed by atoms with Gasteiger partial charge in [-0.3, -0.25) is 4.79 Å². The van der Waals surface area contributed by atoms with Gasteiger partial charge in [-0.05, 0) is 36.4 Å². The summed E-state index contributed by atoms with van der Waals surface area (Å²) < 4.78 is 5.88. The topological polar surface area (TPSA) is 103 Å². The summed E-state index contributed by atoms with van der Waals surface area (Å²) in [6, 6.07) is 16.4. The number of rotatable bonds is 6. The Morgan fingerprint density at radius 3 is 2.15 bits per heavy atom. The first-order valence-electron chi connectivity index (χ1n) is 7.36. The van der Waals surface area contributed by atoms with Crippen LogP contribution in [0.1, 0.15) is 20.7 Å². The highest BCUT2D eigenvalue weighted by Gasteiger charge is 2.11. The lowest BCUT2D eigenvalue weighted by Crippen LogP contribution is -2.14. The van der Waals surface area contributed by atoms with Crippen molar-refractivity contribution < 1.29 is 14.3 Å². The van der Waals surface area contributed by atoms with Crippen molar-refractivity contribution in [1.29, 1.82) is 10.5 Å². The summed E-state index contributed by atoms with van der Waals surface area (Å²) in [6.07, 6.45) is 1.27. The first-order chi connectivity index (χ1) is 12.5. The molecular weight excluding hydrogens is 398 g/mol. The fourth-order valence-electron chi connectivity index (χ4n) is 1.88. The maximum Gasteiger partial charge on any atom is 0.338 e. The number of hydrogen-bond donors (Lipinski definition) is 1. The summed E-state index contributed by atoms with van der Waals surface area (Å²) >= 11 is 3.28. The Bertz CT molecular complexity index is 904. The predicted molar refractivity (Wildman–Crippen MR) is 98.1 cm³/mol. The molecule has 0 amide bonds. The van der Waals surface area contributed by atoms with Crippen LogP contribution in [0.2, 0.25) is 0 Å². The highest BCUT2D eigenvalue weighted by Crippen LogP contribution is 2.13. The first kappa shape index (κ1) is 18.9. The number of anilines is 1. The third-order valence-electron chi connectivity index (χ3n) is 3.25. The van der Waals surface area contributed by atoms with Crippen LogP contribution in [0.4, 0.5) is 5.69 Å². The van der Waals surface area contributed by atoms with Crippen LogP contribution in [0.25, 0.3) is 0 Å². The maximum atomic E-state index is 12.0. The third kappa shape index (κ3) is 5.30. The van der Waals surface area contributed by atoms with E-state index in [0.29, 0.717) is 11.3 Å². The van der Waals surface area contributed by atoms with E-state index in [1.54, 1.807) is 48.5 Å². The smallest absolute Gasteiger partial charge is 0.338 e. The predicted octanol–water partition coefficient (Wildman–Crippen LogP) is 3.83. The van der Waals surface area contributed by atoms with Crippen LogP contribution in [0.3, 0.4) is 0 Å². The van der Waals surface area contributed by atoms with Gasteiger partial charge in [-0.2, -0.15) is 10.5 Å². The largest absolute Gasteiger partial charge is 0.454 e. The Labute approximate surface area is 158 Å². The molecule has 128 valence electrons. The Morgan fingerprint density at radius 1 is 1.00 bits per heavy atom. The van der Waals surface area contributed by atoms with Gasteiger partial charge in [-0.1, -0.05) is 28.1 Å². The van der Waals surface area contributed by atoms with E-state index in [1.807, 2.05) is 0 Å². The van der Waals surface area contributed by atoms with E-state index in [9.17, 15) is 9.59 Å². The highest BCUT2D eigenvalue weighted by atomic mass is 79.9. The minimum absolute atomic E-state index is 0.0695. The average Bonchev–Trinajstić information content (AvgIpc) is 2.67. The maximum absolute atomic E-state index is 12.0. The minimum Gasteiger partial charge on any atom is -0.454 e. The van der Waals surface area contributed by atoms with E-state index in [4.69, 9.17) is 15.3 Å². The molecule has 26 heavy (non-hydrogen) atoms. The number of halogens is 1. The molecule has 0 heterocycles. The normalized spacial score (nSPS) is 9.35. The number of allylic oxidation sites excluding steroid dienone is 1. The molecule has 2 rings (SSSR count). The fourth-order valence-corrected chi connectivity index (χ4v) is 2.15. The molecule has 0 aliphatic heterocycles. The van der Waals surface area contributed by atoms with E-state index in [2.05, 4.69) is 21.2 Å². The molecule has 0 aliphatic rings. The summed E-state index contributed by atoms with van der Waals surface area (Å²) in [7, 11) is 0. The van der Waals surface area contributed by atoms with E-state index in [-0.39, 0.29) is 23.5 Å². The standard InChI is InChI=1S/C19H12BrN3O3/c20-16-5-1-14(2-6-16)18(24)12-26-19(25)15-3-7-17(8-4-15)23-11-13(9-21)10-22/h1-8,11,23H,12H2. The van der Waals surface area contributed by atoms with Crippen molar-refractivity contribution >= 4 is 33.4 Å². The Kier molecular flexibility index (Phi) is 6.67. The number of ether oxygens (including phenoxy) is 1. The first-order valence-corrected chi connectivity index (χ1v) is 8.15. The van der Waals surface area contributed by atoms with Crippen molar-refractivity contribution in [3.8, 4) is 12.1 Å². The Hall–Kier alpha value is -3.42. The Morgan fingerprint density at radius 2 is 1.58 bits per heavy atom. The molecular formula is C19H12BrN3O3. The number of nitrogens with one attached hydrogen (secondary N) is 1. The molecule has 6 nitrogen and oxygen atoms in total. The van der Waals surface area contributed by atoms with Gasteiger partial charge in [0.25, 0.3) is 0 Å². The van der Waals surface area contributed by atoms with Crippen molar-refractivity contribution in [3.63, 3.8) is 0 Å². The van der Waals surface area contributed by atoms with Crippen molar-refractivity contribution in [2.45, 2.75) is 0 Å². The van der Waals surface area contributed by atoms with Gasteiger partial charge in [-0.25, -0.2) is 4.79 Å². The number of Topliss-reactive ketones (excluding diaryl/α,β-unsaturated/α-hetero) is 1. The van der Waals surface area contributed by atoms with Gasteiger partial charge in [0, 0.05) is 21.9 Å². The average molecular weight is 410 g/mol. The summed E-state index contributed by atoms with van der Waals surface area (Å²) in [6.45, 7) is -0.350. The second-order valence-corrected chi connectivity index (χ2v) is 5.93. The van der Waals surface area contributed by atoms with Crippen LogP contribution >= 0.6 is 15.9 Å². The SMILES string of the molecule is N#CC(C#N)=CNc1ccc(C(=O)OCC(=O)c2ccc(Br)cc2)cc1. The van der Waals surface area contributed by atoms with Crippen molar-refractivity contribution in [2.75, 3.05) is 11.9 Å². The molecule has 2 aromatic rings. The van der Waals surface area contributed by atoms with Gasteiger partial charge in [0.15, 0.2) is 12.4 Å². The lowest BCUT2D eigenvalue weighted by molar-refractivity contribution is 0.0475. The molecule has 2 aromatic carbocycles. The summed E-state index contributed by atoms with van der Waals surface area (Å²) in [5.74, 6) is -0.915. The monoisotopic (exact) mass is 409 g/mol. The van der Waals surface area contributed by atoms with Crippen molar-refractivity contribution in [3.05, 3.63) is 75.9 Å². The number of nitriles is 2. The van der Waals surface area contributed by atoms with Gasteiger partial charge < -0.3 is 10.1 Å². The molecule has 0 unspecified atom stereocenters. The van der Waals surface area contributed by atoms with Crippen LogP contribution in [0, 0.1) is 22.7 Å². The van der Waals surface area contributed by atoms with E-state index >= 15 is 0 Å². The number of esters is 1. The van der Waals surface area contributed by atoms with Gasteiger partial charge in [-0.15, -0.1) is 0 Å². The van der Waals surface area contributed by atoms with E-state index < -0.39 is 5.97 Å². The number of hydrogen-bond acceptors (Lipinski definition) is 6. The lowest BCUT2D eigenvalue weighted by atomic mass is 10.1. The van der Waals surface area contributed by atoms with Crippen molar-refractivity contribution in [1.82, 2.24) is 0 Å². The van der Waals surface area contributed by atoms with Crippen LogP contribution in [-0.4, -0.2) is 18.4 Å². The molecule has 1 N–H and O–H groups in total. The second-order valence-electron chi connectivity index (χ2n) is 5.01. The number of carbonyl (C=O) groups is 2. The zero-order valence-corrected chi connectivity index (χ0v) is 15.0. The number of benzene rings is 2. The second kappa shape index (κ2) is 9.16. The van der Waals surface area contributed by atoms with Crippen LogP contribution in [0.5, 0.6) is 0 Å². The van der Waals surface area contributed by atoms with E-state index in [0.717, 1.165) is 4.47 Å². The zero-order valence-electron chi connectivity index (χ0n) is 13.4. The molecule has 0 fully saturated rings.